The van der Waals surface area contributed by atoms with Gasteiger partial charge < -0.3 is 0 Å². The van der Waals surface area contributed by atoms with Crippen molar-refractivity contribution < 1.29 is 12.8 Å². The number of hydrogen-bond acceptors (Lipinski definition) is 3. The summed E-state index contributed by atoms with van der Waals surface area (Å²) < 4.78 is 41.1. The van der Waals surface area contributed by atoms with Gasteiger partial charge in [0, 0.05) is 35.7 Å². The highest BCUT2D eigenvalue weighted by atomic mass is 79.9. The van der Waals surface area contributed by atoms with Gasteiger partial charge in [-0.1, -0.05) is 0 Å². The maximum absolute atomic E-state index is 13.3. The molecule has 0 unspecified atom stereocenters. The predicted octanol–water partition coefficient (Wildman–Crippen LogP) is 3.61. The molecule has 134 valence electrons. The lowest BCUT2D eigenvalue weighted by Crippen LogP contribution is -2.52. The first-order chi connectivity index (χ1) is 11.3. The van der Waals surface area contributed by atoms with Crippen molar-refractivity contribution in [1.82, 2.24) is 9.21 Å². The van der Waals surface area contributed by atoms with E-state index in [4.69, 9.17) is 0 Å². The second kappa shape index (κ2) is 7.02. The molecule has 24 heavy (non-hydrogen) atoms. The highest BCUT2D eigenvalue weighted by Crippen LogP contribution is 2.33. The first-order valence-corrected chi connectivity index (χ1v) is 10.8. The lowest BCUT2D eigenvalue weighted by atomic mass is 10.0. The zero-order valence-corrected chi connectivity index (χ0v) is 16.5. The SMILES string of the molecule is C[C@@H]1CC[C@@H](C)N1[C@@H]1CCCN(S(=O)(=O)c2ccc(F)cc2Br)C1. The maximum Gasteiger partial charge on any atom is 0.244 e. The summed E-state index contributed by atoms with van der Waals surface area (Å²) in [4.78, 5) is 2.63. The Bertz CT molecular complexity index is 703. The van der Waals surface area contributed by atoms with Gasteiger partial charge in [-0.05, 0) is 73.7 Å². The molecule has 2 saturated heterocycles. The maximum atomic E-state index is 13.3. The fourth-order valence-electron chi connectivity index (χ4n) is 4.14. The van der Waals surface area contributed by atoms with Crippen molar-refractivity contribution in [2.75, 3.05) is 13.1 Å². The van der Waals surface area contributed by atoms with E-state index in [0.717, 1.165) is 12.8 Å². The van der Waals surface area contributed by atoms with Crippen LogP contribution in [-0.2, 0) is 10.0 Å². The van der Waals surface area contributed by atoms with Crippen LogP contribution >= 0.6 is 15.9 Å². The molecule has 0 spiro atoms. The van der Waals surface area contributed by atoms with Crippen LogP contribution in [0.25, 0.3) is 0 Å². The number of hydrogen-bond donors (Lipinski definition) is 0. The number of likely N-dealkylation sites (tertiary alicyclic amines) is 1. The standard InChI is InChI=1S/C17H24BrFN2O2S/c1-12-5-6-13(2)21(12)15-4-3-9-20(11-15)24(22,23)17-8-7-14(19)10-16(17)18/h7-8,10,12-13,15H,3-6,9,11H2,1-2H3/t12-,13-,15-/m1/s1. The summed E-state index contributed by atoms with van der Waals surface area (Å²) in [5.74, 6) is -0.447. The highest BCUT2D eigenvalue weighted by Gasteiger charge is 2.38. The van der Waals surface area contributed by atoms with E-state index >= 15 is 0 Å². The lowest BCUT2D eigenvalue weighted by Gasteiger charge is -2.41. The Hall–Kier alpha value is -0.500. The molecule has 0 bridgehead atoms. The molecule has 2 heterocycles. The first-order valence-electron chi connectivity index (χ1n) is 8.53. The van der Waals surface area contributed by atoms with E-state index in [9.17, 15) is 12.8 Å². The van der Waals surface area contributed by atoms with Crippen LogP contribution in [0.15, 0.2) is 27.6 Å². The molecule has 0 radical (unpaired) electrons. The monoisotopic (exact) mass is 418 g/mol. The molecule has 1 aromatic rings. The molecule has 3 rings (SSSR count). The van der Waals surface area contributed by atoms with E-state index in [1.54, 1.807) is 4.31 Å². The van der Waals surface area contributed by atoms with Crippen LogP contribution in [0.5, 0.6) is 0 Å². The second-order valence-electron chi connectivity index (χ2n) is 6.96. The highest BCUT2D eigenvalue weighted by molar-refractivity contribution is 9.10. The third-order valence-corrected chi connectivity index (χ3v) is 8.15. The van der Waals surface area contributed by atoms with Gasteiger partial charge in [-0.15, -0.1) is 0 Å². The Balaban J connectivity index is 1.83. The Morgan fingerprint density at radius 1 is 1.17 bits per heavy atom. The average Bonchev–Trinajstić information content (AvgIpc) is 2.86. The fraction of sp³-hybridized carbons (Fsp3) is 0.647. The van der Waals surface area contributed by atoms with E-state index in [-0.39, 0.29) is 15.4 Å². The Kier molecular flexibility index (Phi) is 5.35. The van der Waals surface area contributed by atoms with Crippen LogP contribution in [-0.4, -0.2) is 48.8 Å². The first kappa shape index (κ1) is 18.3. The molecular weight excluding hydrogens is 395 g/mol. The summed E-state index contributed by atoms with van der Waals surface area (Å²) in [6, 6.07) is 5.03. The fourth-order valence-corrected chi connectivity index (χ4v) is 6.67. The molecule has 7 heteroatoms. The van der Waals surface area contributed by atoms with Gasteiger partial charge in [0.2, 0.25) is 10.0 Å². The number of sulfonamides is 1. The van der Waals surface area contributed by atoms with Crippen molar-refractivity contribution in [3.05, 3.63) is 28.5 Å². The van der Waals surface area contributed by atoms with Crippen molar-refractivity contribution in [2.45, 2.75) is 62.6 Å². The summed E-state index contributed by atoms with van der Waals surface area (Å²) in [5.41, 5.74) is 0. The van der Waals surface area contributed by atoms with Gasteiger partial charge >= 0.3 is 0 Å². The average molecular weight is 419 g/mol. The molecule has 3 atom stereocenters. The minimum Gasteiger partial charge on any atom is -0.294 e. The largest absolute Gasteiger partial charge is 0.294 e. The zero-order valence-electron chi connectivity index (χ0n) is 14.1. The van der Waals surface area contributed by atoms with Gasteiger partial charge in [0.1, 0.15) is 5.82 Å². The number of halogens is 2. The molecule has 0 aromatic heterocycles. The molecular formula is C17H24BrFN2O2S. The predicted molar refractivity (Wildman–Crippen MR) is 95.9 cm³/mol. The van der Waals surface area contributed by atoms with Crippen molar-refractivity contribution >= 4 is 26.0 Å². The minimum atomic E-state index is -3.61. The number of benzene rings is 1. The van der Waals surface area contributed by atoms with Gasteiger partial charge in [0.05, 0.1) is 4.90 Å². The van der Waals surface area contributed by atoms with Gasteiger partial charge in [0.25, 0.3) is 0 Å². The minimum absolute atomic E-state index is 0.145. The number of rotatable bonds is 3. The van der Waals surface area contributed by atoms with Crippen molar-refractivity contribution in [2.24, 2.45) is 0 Å². The summed E-state index contributed by atoms with van der Waals surface area (Å²) in [5, 5.41) is 0. The van der Waals surface area contributed by atoms with Gasteiger partial charge in [-0.25, -0.2) is 12.8 Å². The quantitative estimate of drug-likeness (QED) is 0.752. The third kappa shape index (κ3) is 3.41. The van der Waals surface area contributed by atoms with Gasteiger partial charge in [0.15, 0.2) is 0 Å². The van der Waals surface area contributed by atoms with Crippen LogP contribution < -0.4 is 0 Å². The molecule has 0 saturated carbocycles. The molecule has 2 aliphatic heterocycles. The van der Waals surface area contributed by atoms with E-state index in [1.165, 1.54) is 31.0 Å². The molecule has 0 amide bonds. The van der Waals surface area contributed by atoms with Crippen LogP contribution in [0.3, 0.4) is 0 Å². The molecule has 0 aliphatic carbocycles. The smallest absolute Gasteiger partial charge is 0.244 e. The van der Waals surface area contributed by atoms with Gasteiger partial charge in [-0.2, -0.15) is 4.31 Å². The van der Waals surface area contributed by atoms with E-state index in [1.807, 2.05) is 0 Å². The number of piperidine rings is 1. The summed E-state index contributed by atoms with van der Waals surface area (Å²) in [6.45, 7) is 5.50. The summed E-state index contributed by atoms with van der Waals surface area (Å²) in [7, 11) is -3.61. The van der Waals surface area contributed by atoms with Crippen molar-refractivity contribution in [3.63, 3.8) is 0 Å². The lowest BCUT2D eigenvalue weighted by molar-refractivity contribution is 0.0979. The third-order valence-electron chi connectivity index (χ3n) is 5.31. The summed E-state index contributed by atoms with van der Waals surface area (Å²) >= 11 is 3.19. The van der Waals surface area contributed by atoms with Crippen molar-refractivity contribution in [3.8, 4) is 0 Å². The Morgan fingerprint density at radius 3 is 2.46 bits per heavy atom. The molecule has 0 N–H and O–H groups in total. The van der Waals surface area contributed by atoms with Crippen molar-refractivity contribution in [1.29, 1.82) is 0 Å². The molecule has 2 fully saturated rings. The molecule has 2 aliphatic rings. The number of nitrogens with zero attached hydrogens (tertiary/aromatic N) is 2. The molecule has 1 aromatic carbocycles. The summed E-state index contributed by atoms with van der Waals surface area (Å²) in [6.07, 6.45) is 4.24. The van der Waals surface area contributed by atoms with Crippen LogP contribution in [0.2, 0.25) is 0 Å². The van der Waals surface area contributed by atoms with Crippen LogP contribution in [0.4, 0.5) is 4.39 Å². The second-order valence-corrected chi connectivity index (χ2v) is 9.72. The Morgan fingerprint density at radius 2 is 1.83 bits per heavy atom. The zero-order chi connectivity index (χ0) is 17.5. The molecule has 4 nitrogen and oxygen atoms in total. The topological polar surface area (TPSA) is 40.6 Å². The van der Waals surface area contributed by atoms with Crippen LogP contribution in [0, 0.1) is 5.82 Å². The van der Waals surface area contributed by atoms with E-state index in [2.05, 4.69) is 34.7 Å². The normalized spacial score (nSPS) is 29.9. The van der Waals surface area contributed by atoms with E-state index < -0.39 is 15.8 Å². The Labute approximate surface area is 152 Å². The van der Waals surface area contributed by atoms with Gasteiger partial charge in [-0.3, -0.25) is 4.90 Å². The van der Waals surface area contributed by atoms with Crippen LogP contribution in [0.1, 0.15) is 39.5 Å². The van der Waals surface area contributed by atoms with E-state index in [0.29, 0.717) is 25.2 Å².